The lowest BCUT2D eigenvalue weighted by Gasteiger charge is -2.39. The van der Waals surface area contributed by atoms with Crippen LogP contribution in [0.15, 0.2) is 53.3 Å². The van der Waals surface area contributed by atoms with Gasteiger partial charge in [-0.15, -0.1) is 0 Å². The predicted octanol–water partition coefficient (Wildman–Crippen LogP) is 5.40. The molecule has 1 saturated carbocycles. The molecule has 4 aromatic rings. The van der Waals surface area contributed by atoms with E-state index < -0.39 is 5.97 Å². The highest BCUT2D eigenvalue weighted by Crippen LogP contribution is 2.38. The maximum atomic E-state index is 14.4. The molecule has 2 aromatic carbocycles. The van der Waals surface area contributed by atoms with Gasteiger partial charge in [0.05, 0.1) is 12.1 Å². The number of aromatic nitrogens is 3. The van der Waals surface area contributed by atoms with Gasteiger partial charge >= 0.3 is 5.97 Å². The first kappa shape index (κ1) is 22.5. The molecule has 0 spiro atoms. The average molecular weight is 485 g/mol. The summed E-state index contributed by atoms with van der Waals surface area (Å²) in [5, 5.41) is 13.4. The Labute approximate surface area is 207 Å². The molecule has 182 valence electrons. The molecule has 36 heavy (non-hydrogen) atoms. The van der Waals surface area contributed by atoms with Gasteiger partial charge in [0.15, 0.2) is 0 Å². The number of carboxylic acid groups (broad SMARTS) is 1. The average Bonchev–Trinajstić information content (AvgIpc) is 3.45. The van der Waals surface area contributed by atoms with Crippen LogP contribution in [0.5, 0.6) is 0 Å². The Kier molecular flexibility index (Phi) is 5.41. The van der Waals surface area contributed by atoms with Crippen molar-refractivity contribution in [3.63, 3.8) is 0 Å². The van der Waals surface area contributed by atoms with Gasteiger partial charge in [-0.3, -0.25) is 14.7 Å². The van der Waals surface area contributed by atoms with Crippen molar-refractivity contribution in [2.45, 2.75) is 45.8 Å². The van der Waals surface area contributed by atoms with Crippen LogP contribution in [0.3, 0.4) is 0 Å². The van der Waals surface area contributed by atoms with Crippen LogP contribution in [0.2, 0.25) is 0 Å². The quantitative estimate of drug-likeness (QED) is 0.405. The minimum atomic E-state index is -0.692. The molecule has 1 aliphatic heterocycles. The molecule has 0 amide bonds. The summed E-state index contributed by atoms with van der Waals surface area (Å²) >= 11 is 0. The number of carboxylic acids is 1. The summed E-state index contributed by atoms with van der Waals surface area (Å²) in [6.07, 6.45) is 4.25. The molecule has 0 radical (unpaired) electrons. The van der Waals surface area contributed by atoms with E-state index in [1.807, 2.05) is 32.0 Å². The molecule has 1 N–H and O–H groups in total. The van der Waals surface area contributed by atoms with E-state index in [9.17, 15) is 9.18 Å². The number of hydrogen-bond donors (Lipinski definition) is 1. The summed E-state index contributed by atoms with van der Waals surface area (Å²) < 4.78 is 20.0. The first-order valence-corrected chi connectivity index (χ1v) is 12.0. The number of nitrogens with zero attached hydrogens (tertiary/aromatic N) is 4. The van der Waals surface area contributed by atoms with Gasteiger partial charge in [0.1, 0.15) is 5.82 Å². The highest BCUT2D eigenvalue weighted by atomic mass is 19.1. The molecule has 2 aromatic heterocycles. The second-order valence-corrected chi connectivity index (χ2v) is 9.81. The van der Waals surface area contributed by atoms with Crippen LogP contribution < -0.4 is 0 Å². The standard InChI is InChI=1S/C28H25FN4O3/c1-15-7-19(8-16(2)25(15)23-5-6-30-12-24(23)29)27-31-26(32-36-27)17-3-4-18-13-33(14-21(18)9-17)22-10-20(11-22)28(34)35/h3-9,12,20,22H,10-11,13-14H2,1-2H3,(H,34,35). The lowest BCUT2D eigenvalue weighted by molar-refractivity contribution is -0.147. The van der Waals surface area contributed by atoms with Crippen molar-refractivity contribution in [3.8, 4) is 34.0 Å². The fourth-order valence-corrected chi connectivity index (χ4v) is 5.45. The van der Waals surface area contributed by atoms with Crippen LogP contribution in [0.25, 0.3) is 34.0 Å². The van der Waals surface area contributed by atoms with E-state index >= 15 is 0 Å². The topological polar surface area (TPSA) is 92.4 Å². The lowest BCUT2D eigenvalue weighted by atomic mass is 9.79. The van der Waals surface area contributed by atoms with Crippen LogP contribution >= 0.6 is 0 Å². The maximum absolute atomic E-state index is 14.4. The smallest absolute Gasteiger partial charge is 0.306 e. The molecule has 6 rings (SSSR count). The summed E-state index contributed by atoms with van der Waals surface area (Å²) in [5.74, 6) is -0.333. The van der Waals surface area contributed by atoms with Crippen molar-refractivity contribution in [1.29, 1.82) is 0 Å². The van der Waals surface area contributed by atoms with Crippen molar-refractivity contribution >= 4 is 5.97 Å². The lowest BCUT2D eigenvalue weighted by Crippen LogP contribution is -2.44. The Morgan fingerprint density at radius 2 is 1.81 bits per heavy atom. The highest BCUT2D eigenvalue weighted by Gasteiger charge is 2.39. The van der Waals surface area contributed by atoms with Gasteiger partial charge in [-0.1, -0.05) is 17.3 Å². The van der Waals surface area contributed by atoms with Crippen LogP contribution in [0.4, 0.5) is 4.39 Å². The Morgan fingerprint density at radius 1 is 1.06 bits per heavy atom. The van der Waals surface area contributed by atoms with E-state index in [4.69, 9.17) is 9.63 Å². The van der Waals surface area contributed by atoms with Crippen molar-refractivity contribution < 1.29 is 18.8 Å². The molecule has 2 aliphatic rings. The largest absolute Gasteiger partial charge is 0.481 e. The van der Waals surface area contributed by atoms with Crippen molar-refractivity contribution in [2.75, 3.05) is 0 Å². The van der Waals surface area contributed by atoms with Crippen LogP contribution in [0, 0.1) is 25.6 Å². The minimum Gasteiger partial charge on any atom is -0.481 e. The number of rotatable bonds is 5. The summed E-state index contributed by atoms with van der Waals surface area (Å²) in [6, 6.07) is 12.1. The molecule has 0 unspecified atom stereocenters. The second kappa shape index (κ2) is 8.64. The van der Waals surface area contributed by atoms with Gasteiger partial charge in [0.2, 0.25) is 5.82 Å². The summed E-state index contributed by atoms with van der Waals surface area (Å²) in [7, 11) is 0. The van der Waals surface area contributed by atoms with Crippen LogP contribution in [-0.2, 0) is 17.9 Å². The van der Waals surface area contributed by atoms with Gasteiger partial charge in [-0.2, -0.15) is 4.98 Å². The molecule has 8 heteroatoms. The number of benzene rings is 2. The van der Waals surface area contributed by atoms with E-state index in [0.717, 1.165) is 53.7 Å². The molecular formula is C28H25FN4O3. The summed E-state index contributed by atoms with van der Waals surface area (Å²) in [4.78, 5) is 22.0. The molecule has 0 bridgehead atoms. The number of hydrogen-bond acceptors (Lipinski definition) is 6. The Hall–Kier alpha value is -3.91. The fourth-order valence-electron chi connectivity index (χ4n) is 5.45. The highest BCUT2D eigenvalue weighted by molar-refractivity contribution is 5.75. The molecule has 1 aliphatic carbocycles. The first-order valence-electron chi connectivity index (χ1n) is 12.0. The van der Waals surface area contributed by atoms with Crippen molar-refractivity contribution in [1.82, 2.24) is 20.0 Å². The van der Waals surface area contributed by atoms with Crippen molar-refractivity contribution in [3.05, 3.63) is 76.9 Å². The van der Waals surface area contributed by atoms with Crippen molar-refractivity contribution in [2.24, 2.45) is 5.92 Å². The minimum absolute atomic E-state index is 0.211. The molecule has 3 heterocycles. The number of pyridine rings is 1. The zero-order chi connectivity index (χ0) is 25.0. The zero-order valence-electron chi connectivity index (χ0n) is 20.0. The number of aryl methyl sites for hydroxylation is 2. The Bertz CT molecular complexity index is 1470. The van der Waals surface area contributed by atoms with E-state index in [0.29, 0.717) is 23.3 Å². The number of carbonyl (C=O) groups is 1. The third-order valence-electron chi connectivity index (χ3n) is 7.44. The molecule has 0 saturated heterocycles. The van der Waals surface area contributed by atoms with E-state index in [1.165, 1.54) is 17.3 Å². The normalized spacial score (nSPS) is 19.2. The SMILES string of the molecule is Cc1cc(-c2nc(-c3ccc4c(c3)CN(C3CC(C(=O)O)C3)C4)no2)cc(C)c1-c1ccncc1F. The maximum Gasteiger partial charge on any atom is 0.306 e. The van der Waals surface area contributed by atoms with Gasteiger partial charge in [0, 0.05) is 42.0 Å². The zero-order valence-corrected chi connectivity index (χ0v) is 20.0. The summed E-state index contributed by atoms with van der Waals surface area (Å²) in [6.45, 7) is 5.52. The van der Waals surface area contributed by atoms with Gasteiger partial charge in [0.25, 0.3) is 5.89 Å². The first-order chi connectivity index (χ1) is 17.4. The molecular weight excluding hydrogens is 459 g/mol. The Balaban J connectivity index is 1.23. The predicted molar refractivity (Wildman–Crippen MR) is 131 cm³/mol. The van der Waals surface area contributed by atoms with E-state index in [-0.39, 0.29) is 11.7 Å². The second-order valence-electron chi connectivity index (χ2n) is 9.81. The molecule has 1 fully saturated rings. The van der Waals surface area contributed by atoms with Gasteiger partial charge in [-0.05, 0) is 78.8 Å². The monoisotopic (exact) mass is 484 g/mol. The summed E-state index contributed by atoms with van der Waals surface area (Å²) in [5.41, 5.74) is 7.31. The molecule has 0 atom stereocenters. The third kappa shape index (κ3) is 3.87. The van der Waals surface area contributed by atoms with Gasteiger partial charge < -0.3 is 9.63 Å². The third-order valence-corrected chi connectivity index (χ3v) is 7.44. The van der Waals surface area contributed by atoms with E-state index in [1.54, 1.807) is 12.3 Å². The number of fused-ring (bicyclic) bond motifs is 1. The number of aliphatic carboxylic acids is 1. The fraction of sp³-hybridized carbons (Fsp3) is 0.286. The van der Waals surface area contributed by atoms with Crippen LogP contribution in [0.1, 0.15) is 35.1 Å². The van der Waals surface area contributed by atoms with Crippen LogP contribution in [-0.4, -0.2) is 37.1 Å². The van der Waals surface area contributed by atoms with Gasteiger partial charge in [-0.25, -0.2) is 4.39 Å². The van der Waals surface area contributed by atoms with E-state index in [2.05, 4.69) is 32.2 Å². The number of halogens is 1. The molecule has 7 nitrogen and oxygen atoms in total. The Morgan fingerprint density at radius 3 is 2.53 bits per heavy atom.